The van der Waals surface area contributed by atoms with Crippen LogP contribution in [0.15, 0.2) is 170 Å². The van der Waals surface area contributed by atoms with Gasteiger partial charge in [-0.1, -0.05) is 159 Å². The molecule has 7 rings (SSSR count). The molecule has 0 saturated heterocycles. The van der Waals surface area contributed by atoms with Gasteiger partial charge in [0.05, 0.1) is 11.4 Å². The zero-order chi connectivity index (χ0) is 37.3. The van der Waals surface area contributed by atoms with Crippen LogP contribution in [0.1, 0.15) is 58.4 Å². The van der Waals surface area contributed by atoms with Gasteiger partial charge in [0.2, 0.25) is 0 Å². The predicted octanol–water partition coefficient (Wildman–Crippen LogP) is 14.7. The molecule has 0 radical (unpaired) electrons. The van der Waals surface area contributed by atoms with Gasteiger partial charge < -0.3 is 9.80 Å². The molecule has 2 nitrogen and oxygen atoms in total. The number of rotatable bonds is 12. The Kier molecular flexibility index (Phi) is 11.3. The van der Waals surface area contributed by atoms with Crippen LogP contribution in [0.5, 0.6) is 0 Å². The second kappa shape index (κ2) is 17.0. The van der Waals surface area contributed by atoms with Crippen LogP contribution in [-0.4, -0.2) is 0 Å². The second-order valence-electron chi connectivity index (χ2n) is 13.7. The molecule has 7 aromatic carbocycles. The maximum Gasteiger partial charge on any atom is 0.0522 e. The van der Waals surface area contributed by atoms with Crippen molar-refractivity contribution >= 4 is 58.4 Å². The first-order chi connectivity index (χ1) is 26.5. The molecule has 0 saturated carbocycles. The highest BCUT2D eigenvalue weighted by molar-refractivity contribution is 5.84. The van der Waals surface area contributed by atoms with Gasteiger partial charge in [0.25, 0.3) is 0 Å². The summed E-state index contributed by atoms with van der Waals surface area (Å²) in [6.07, 6.45) is 10.8. The van der Waals surface area contributed by atoms with Gasteiger partial charge in [-0.05, 0) is 120 Å². The molecule has 7 aromatic rings. The minimum atomic E-state index is 0.973. The molecular weight excluding hydrogens is 653 g/mol. The largest absolute Gasteiger partial charge is 0.310 e. The van der Waals surface area contributed by atoms with E-state index in [-0.39, 0.29) is 0 Å². The van der Waals surface area contributed by atoms with Gasteiger partial charge in [0, 0.05) is 22.7 Å². The summed E-state index contributed by atoms with van der Waals surface area (Å²) < 4.78 is 0. The van der Waals surface area contributed by atoms with E-state index in [4.69, 9.17) is 0 Å². The van der Waals surface area contributed by atoms with E-state index in [1.165, 1.54) is 44.8 Å². The Morgan fingerprint density at radius 3 is 1.07 bits per heavy atom. The first-order valence-corrected chi connectivity index (χ1v) is 19.1. The van der Waals surface area contributed by atoms with Crippen LogP contribution >= 0.6 is 0 Å². The number of para-hydroxylation sites is 4. The van der Waals surface area contributed by atoms with Crippen LogP contribution in [0.3, 0.4) is 0 Å². The number of anilines is 6. The van der Waals surface area contributed by atoms with Crippen LogP contribution in [0.25, 0.3) is 24.3 Å². The fourth-order valence-electron chi connectivity index (χ4n) is 7.27. The third-order valence-electron chi connectivity index (χ3n) is 10.1. The zero-order valence-electron chi connectivity index (χ0n) is 31.8. The molecular formula is C52H48N2. The molecule has 0 atom stereocenters. The number of hydrogen-bond donors (Lipinski definition) is 0. The third-order valence-corrected chi connectivity index (χ3v) is 10.1. The van der Waals surface area contributed by atoms with E-state index in [9.17, 15) is 0 Å². The van der Waals surface area contributed by atoms with Crippen molar-refractivity contribution in [2.45, 2.75) is 40.5 Å². The Morgan fingerprint density at radius 2 is 0.704 bits per heavy atom. The SMILES string of the molecule is CCc1cccc(C)c1N(c1ccccc1)c1ccc(C=Cc2ccccc2C=Cc2ccc(N(c3ccccc3)c3c(C)cccc3CC)cc2)cc1. The lowest BCUT2D eigenvalue weighted by molar-refractivity contribution is 1.10. The van der Waals surface area contributed by atoms with Gasteiger partial charge in [-0.25, -0.2) is 0 Å². The van der Waals surface area contributed by atoms with Crippen molar-refractivity contribution in [1.82, 2.24) is 0 Å². The fraction of sp³-hybridized carbons (Fsp3) is 0.115. The normalized spacial score (nSPS) is 11.3. The highest BCUT2D eigenvalue weighted by Gasteiger charge is 2.18. The Hall–Kier alpha value is -6.38. The van der Waals surface area contributed by atoms with Gasteiger partial charge in [0.1, 0.15) is 0 Å². The first kappa shape index (κ1) is 36.0. The van der Waals surface area contributed by atoms with E-state index in [2.05, 4.69) is 232 Å². The summed E-state index contributed by atoms with van der Waals surface area (Å²) in [4.78, 5) is 4.78. The van der Waals surface area contributed by atoms with E-state index in [0.29, 0.717) is 0 Å². The number of benzene rings is 7. The highest BCUT2D eigenvalue weighted by atomic mass is 15.2. The minimum absolute atomic E-state index is 0.973. The number of aryl methyl sites for hydroxylation is 4. The molecule has 0 aromatic heterocycles. The van der Waals surface area contributed by atoms with Gasteiger partial charge >= 0.3 is 0 Å². The third kappa shape index (κ3) is 7.99. The van der Waals surface area contributed by atoms with Crippen LogP contribution in [-0.2, 0) is 12.8 Å². The van der Waals surface area contributed by atoms with E-state index in [1.54, 1.807) is 0 Å². The Labute approximate surface area is 322 Å². The van der Waals surface area contributed by atoms with Gasteiger partial charge in [-0.2, -0.15) is 0 Å². The molecule has 0 fully saturated rings. The van der Waals surface area contributed by atoms with E-state index >= 15 is 0 Å². The molecule has 0 aliphatic rings. The number of hydrogen-bond acceptors (Lipinski definition) is 2. The summed E-state index contributed by atoms with van der Waals surface area (Å²) in [5.74, 6) is 0. The lowest BCUT2D eigenvalue weighted by Gasteiger charge is -2.29. The van der Waals surface area contributed by atoms with Gasteiger partial charge in [-0.15, -0.1) is 0 Å². The zero-order valence-corrected chi connectivity index (χ0v) is 31.8. The summed E-state index contributed by atoms with van der Waals surface area (Å²) >= 11 is 0. The molecule has 0 heterocycles. The van der Waals surface area contributed by atoms with Crippen molar-refractivity contribution < 1.29 is 0 Å². The molecule has 2 heteroatoms. The average Bonchev–Trinajstić information content (AvgIpc) is 3.22. The van der Waals surface area contributed by atoms with E-state index < -0.39 is 0 Å². The monoisotopic (exact) mass is 700 g/mol. The molecule has 0 aliphatic carbocycles. The summed E-state index contributed by atoms with van der Waals surface area (Å²) in [7, 11) is 0. The fourth-order valence-corrected chi connectivity index (χ4v) is 7.27. The number of nitrogens with zero attached hydrogens (tertiary/aromatic N) is 2. The standard InChI is InChI=1S/C52H48N2/c1-5-43-21-15-17-39(3)51(43)53(47-23-9-7-10-24-47)49-35-29-41(30-36-49)27-33-45-19-13-14-20-46(45)34-28-42-31-37-50(38-32-42)54(48-25-11-8-12-26-48)52-40(4)18-16-22-44(52)6-2/h7-38H,5-6H2,1-4H3. The summed E-state index contributed by atoms with van der Waals surface area (Å²) in [5, 5.41) is 0. The second-order valence-corrected chi connectivity index (χ2v) is 13.7. The average molecular weight is 701 g/mol. The topological polar surface area (TPSA) is 6.48 Å². The Morgan fingerprint density at radius 1 is 0.352 bits per heavy atom. The lowest BCUT2D eigenvalue weighted by Crippen LogP contribution is -2.13. The maximum atomic E-state index is 2.39. The predicted molar refractivity (Wildman–Crippen MR) is 235 cm³/mol. The van der Waals surface area contributed by atoms with Crippen LogP contribution in [0.4, 0.5) is 34.1 Å². The Balaban J connectivity index is 1.12. The van der Waals surface area contributed by atoms with Crippen LogP contribution in [0.2, 0.25) is 0 Å². The lowest BCUT2D eigenvalue weighted by atomic mass is 10.0. The van der Waals surface area contributed by atoms with E-state index in [0.717, 1.165) is 46.7 Å². The maximum absolute atomic E-state index is 2.39. The van der Waals surface area contributed by atoms with Crippen molar-refractivity contribution in [3.63, 3.8) is 0 Å². The highest BCUT2D eigenvalue weighted by Crippen LogP contribution is 2.40. The molecule has 0 spiro atoms. The molecule has 54 heavy (non-hydrogen) atoms. The molecule has 0 unspecified atom stereocenters. The van der Waals surface area contributed by atoms with Crippen LogP contribution < -0.4 is 9.80 Å². The molecule has 0 bridgehead atoms. The smallest absolute Gasteiger partial charge is 0.0522 e. The summed E-state index contributed by atoms with van der Waals surface area (Å²) in [6.45, 7) is 8.87. The van der Waals surface area contributed by atoms with Crippen molar-refractivity contribution in [3.8, 4) is 0 Å². The molecule has 0 aliphatic heterocycles. The molecule has 0 amide bonds. The molecule has 266 valence electrons. The van der Waals surface area contributed by atoms with Crippen LogP contribution in [0, 0.1) is 13.8 Å². The quantitative estimate of drug-likeness (QED) is 0.117. The minimum Gasteiger partial charge on any atom is -0.310 e. The van der Waals surface area contributed by atoms with Gasteiger partial charge in [0.15, 0.2) is 0 Å². The van der Waals surface area contributed by atoms with Crippen molar-refractivity contribution in [2.75, 3.05) is 9.80 Å². The van der Waals surface area contributed by atoms with Crippen molar-refractivity contribution in [1.29, 1.82) is 0 Å². The van der Waals surface area contributed by atoms with E-state index in [1.807, 2.05) is 0 Å². The van der Waals surface area contributed by atoms with Gasteiger partial charge in [-0.3, -0.25) is 0 Å². The summed E-state index contributed by atoms with van der Waals surface area (Å²) in [6, 6.07) is 60.9. The molecule has 0 N–H and O–H groups in total. The van der Waals surface area contributed by atoms with Crippen molar-refractivity contribution in [3.05, 3.63) is 214 Å². The first-order valence-electron chi connectivity index (χ1n) is 19.1. The van der Waals surface area contributed by atoms with Crippen molar-refractivity contribution in [2.24, 2.45) is 0 Å². The Bertz CT molecular complexity index is 2180. The summed E-state index contributed by atoms with van der Waals surface area (Å²) in [5.41, 5.74) is 17.0.